The number of anilines is 1. The number of hydrogen-bond donors (Lipinski definition) is 3. The van der Waals surface area contributed by atoms with E-state index in [1.165, 1.54) is 5.56 Å². The van der Waals surface area contributed by atoms with Crippen molar-refractivity contribution in [1.29, 1.82) is 0 Å². The lowest BCUT2D eigenvalue weighted by atomic mass is 9.96. The molecule has 1 fully saturated rings. The summed E-state index contributed by atoms with van der Waals surface area (Å²) in [6, 6.07) is 17.3. The molecule has 150 valence electrons. The molecule has 1 aromatic heterocycles. The van der Waals surface area contributed by atoms with Gasteiger partial charge in [-0.05, 0) is 54.3 Å². The number of nitrogen functional groups attached to an aromatic ring is 1. The second-order valence-corrected chi connectivity index (χ2v) is 7.41. The van der Waals surface area contributed by atoms with Crippen LogP contribution in [0.15, 0.2) is 60.8 Å². The van der Waals surface area contributed by atoms with Crippen molar-refractivity contribution in [3.63, 3.8) is 0 Å². The highest BCUT2D eigenvalue weighted by atomic mass is 16.5. The predicted molar refractivity (Wildman–Crippen MR) is 112 cm³/mol. The summed E-state index contributed by atoms with van der Waals surface area (Å²) in [6.07, 6.45) is 3.73. The molecule has 0 radical (unpaired) electrons. The van der Waals surface area contributed by atoms with E-state index in [9.17, 15) is 4.79 Å². The predicted octanol–water partition coefficient (Wildman–Crippen LogP) is 2.35. The van der Waals surface area contributed by atoms with Crippen LogP contribution in [0, 0.1) is 0 Å². The lowest BCUT2D eigenvalue weighted by molar-refractivity contribution is 0.0729. The molecule has 5 N–H and O–H groups in total. The van der Waals surface area contributed by atoms with Crippen molar-refractivity contribution in [3.8, 4) is 5.69 Å². The molecule has 4 rings (SSSR count). The third-order valence-electron chi connectivity index (χ3n) is 5.33. The highest BCUT2D eigenvalue weighted by molar-refractivity contribution is 5.92. The second-order valence-electron chi connectivity index (χ2n) is 7.41. The minimum absolute atomic E-state index is 0.0184. The molecular formula is C22H25N5O2. The van der Waals surface area contributed by atoms with Crippen LogP contribution in [0.4, 0.5) is 5.69 Å². The molecule has 29 heavy (non-hydrogen) atoms. The first-order chi connectivity index (χ1) is 14.1. The van der Waals surface area contributed by atoms with Crippen LogP contribution in [-0.4, -0.2) is 29.0 Å². The molecule has 0 bridgehead atoms. The highest BCUT2D eigenvalue weighted by Crippen LogP contribution is 2.48. The number of rotatable bonds is 8. The van der Waals surface area contributed by atoms with Gasteiger partial charge in [-0.2, -0.15) is 5.10 Å². The maximum absolute atomic E-state index is 12.6. The van der Waals surface area contributed by atoms with Crippen LogP contribution in [0.3, 0.4) is 0 Å². The summed E-state index contributed by atoms with van der Waals surface area (Å²) >= 11 is 0. The van der Waals surface area contributed by atoms with Gasteiger partial charge in [-0.1, -0.05) is 24.3 Å². The van der Waals surface area contributed by atoms with Crippen molar-refractivity contribution in [3.05, 3.63) is 77.6 Å². The van der Waals surface area contributed by atoms with Crippen molar-refractivity contribution < 1.29 is 9.53 Å². The van der Waals surface area contributed by atoms with Gasteiger partial charge < -0.3 is 21.5 Å². The number of carbonyl (C=O) groups is 1. The van der Waals surface area contributed by atoms with E-state index in [1.54, 1.807) is 16.9 Å². The second kappa shape index (κ2) is 8.06. The molecule has 0 saturated heterocycles. The molecule has 0 unspecified atom stereocenters. The molecule has 0 atom stereocenters. The number of nitrogens with one attached hydrogen (secondary N) is 1. The molecule has 1 heterocycles. The monoisotopic (exact) mass is 391 g/mol. The van der Waals surface area contributed by atoms with Crippen LogP contribution >= 0.6 is 0 Å². The topological polar surface area (TPSA) is 108 Å². The van der Waals surface area contributed by atoms with Gasteiger partial charge in [-0.15, -0.1) is 0 Å². The minimum atomic E-state index is -0.241. The minimum Gasteiger partial charge on any atom is -0.399 e. The Labute approximate surface area is 169 Å². The van der Waals surface area contributed by atoms with Crippen LogP contribution < -0.4 is 16.8 Å². The van der Waals surface area contributed by atoms with E-state index in [0.29, 0.717) is 18.8 Å². The average Bonchev–Trinajstić information content (AvgIpc) is 3.37. The van der Waals surface area contributed by atoms with E-state index in [1.807, 2.05) is 42.5 Å². The molecular weight excluding hydrogens is 366 g/mol. The quantitative estimate of drug-likeness (QED) is 0.310. The van der Waals surface area contributed by atoms with Gasteiger partial charge in [-0.3, -0.25) is 4.79 Å². The SMILES string of the molecule is NCc1cccc(-n2nccc2C(=O)NCOCC2(c3cccc(N)c3)CC2)c1. The van der Waals surface area contributed by atoms with Gasteiger partial charge in [0.25, 0.3) is 5.91 Å². The largest absolute Gasteiger partial charge is 0.399 e. The Morgan fingerprint density at radius 3 is 2.76 bits per heavy atom. The molecule has 7 heteroatoms. The van der Waals surface area contributed by atoms with Crippen LogP contribution in [0.1, 0.15) is 34.5 Å². The van der Waals surface area contributed by atoms with Crippen molar-refractivity contribution in [1.82, 2.24) is 15.1 Å². The number of aromatic nitrogens is 2. The van der Waals surface area contributed by atoms with Crippen LogP contribution in [0.2, 0.25) is 0 Å². The molecule has 1 saturated carbocycles. The maximum atomic E-state index is 12.6. The molecule has 7 nitrogen and oxygen atoms in total. The number of nitrogens with two attached hydrogens (primary N) is 2. The fourth-order valence-corrected chi connectivity index (χ4v) is 3.49. The first-order valence-electron chi connectivity index (χ1n) is 9.67. The van der Waals surface area contributed by atoms with E-state index in [2.05, 4.69) is 16.5 Å². The van der Waals surface area contributed by atoms with Crippen LogP contribution in [0.25, 0.3) is 5.69 Å². The fourth-order valence-electron chi connectivity index (χ4n) is 3.49. The number of nitrogens with zero attached hydrogens (tertiary/aromatic N) is 2. The highest BCUT2D eigenvalue weighted by Gasteiger charge is 2.44. The summed E-state index contributed by atoms with van der Waals surface area (Å²) in [7, 11) is 0. The number of carbonyl (C=O) groups excluding carboxylic acids is 1. The maximum Gasteiger partial charge on any atom is 0.271 e. The zero-order valence-electron chi connectivity index (χ0n) is 16.2. The van der Waals surface area contributed by atoms with Crippen molar-refractivity contribution in [2.24, 2.45) is 5.73 Å². The normalized spacial score (nSPS) is 14.5. The smallest absolute Gasteiger partial charge is 0.271 e. The third kappa shape index (κ3) is 4.16. The zero-order valence-corrected chi connectivity index (χ0v) is 16.2. The van der Waals surface area contributed by atoms with Gasteiger partial charge in [0, 0.05) is 17.6 Å². The van der Waals surface area contributed by atoms with Crippen LogP contribution in [0.5, 0.6) is 0 Å². The Hall–Kier alpha value is -3.16. The third-order valence-corrected chi connectivity index (χ3v) is 5.33. The van der Waals surface area contributed by atoms with Crippen molar-refractivity contribution >= 4 is 11.6 Å². The molecule has 1 aliphatic rings. The summed E-state index contributed by atoms with van der Waals surface area (Å²) in [5, 5.41) is 7.09. The van der Waals surface area contributed by atoms with Gasteiger partial charge in [0.1, 0.15) is 12.4 Å². The number of hydrogen-bond acceptors (Lipinski definition) is 5. The van der Waals surface area contributed by atoms with Gasteiger partial charge in [0.2, 0.25) is 0 Å². The first-order valence-corrected chi connectivity index (χ1v) is 9.67. The van der Waals surface area contributed by atoms with Crippen LogP contribution in [-0.2, 0) is 16.7 Å². The molecule has 0 aliphatic heterocycles. The Kier molecular flexibility index (Phi) is 5.33. The van der Waals surface area contributed by atoms with E-state index in [-0.39, 0.29) is 18.1 Å². The fraction of sp³-hybridized carbons (Fsp3) is 0.273. The first kappa shape index (κ1) is 19.2. The molecule has 1 amide bonds. The van der Waals surface area contributed by atoms with Crippen molar-refractivity contribution in [2.45, 2.75) is 24.8 Å². The lowest BCUT2D eigenvalue weighted by Crippen LogP contribution is -2.30. The van der Waals surface area contributed by atoms with E-state index >= 15 is 0 Å². The van der Waals surface area contributed by atoms with Gasteiger partial charge >= 0.3 is 0 Å². The van der Waals surface area contributed by atoms with Crippen molar-refractivity contribution in [2.75, 3.05) is 19.1 Å². The number of benzene rings is 2. The Bertz CT molecular complexity index is 1010. The van der Waals surface area contributed by atoms with Gasteiger partial charge in [0.05, 0.1) is 18.5 Å². The Balaban J connectivity index is 1.35. The molecule has 2 aromatic carbocycles. The van der Waals surface area contributed by atoms with Gasteiger partial charge in [0.15, 0.2) is 0 Å². The summed E-state index contributed by atoms with van der Waals surface area (Å²) < 4.78 is 7.39. The van der Waals surface area contributed by atoms with E-state index in [0.717, 1.165) is 29.8 Å². The Morgan fingerprint density at radius 1 is 1.17 bits per heavy atom. The molecule has 0 spiro atoms. The van der Waals surface area contributed by atoms with E-state index < -0.39 is 0 Å². The lowest BCUT2D eigenvalue weighted by Gasteiger charge is -2.17. The number of amides is 1. The van der Waals surface area contributed by atoms with Gasteiger partial charge in [-0.25, -0.2) is 4.68 Å². The molecule has 3 aromatic rings. The summed E-state index contributed by atoms with van der Waals surface area (Å²) in [4.78, 5) is 12.6. The summed E-state index contributed by atoms with van der Waals surface area (Å²) in [5.41, 5.74) is 15.8. The number of ether oxygens (including phenoxy) is 1. The van der Waals surface area contributed by atoms with E-state index in [4.69, 9.17) is 16.2 Å². The average molecular weight is 391 g/mol. The standard InChI is InChI=1S/C22H25N5O2/c23-13-16-3-1-6-19(11-16)27-20(7-10-26-27)21(28)25-15-29-14-22(8-9-22)17-4-2-5-18(24)12-17/h1-7,10-12H,8-9,13-15,23-24H2,(H,25,28). The Morgan fingerprint density at radius 2 is 2.00 bits per heavy atom. The zero-order chi connectivity index (χ0) is 20.3. The summed E-state index contributed by atoms with van der Waals surface area (Å²) in [6.45, 7) is 1.12. The molecule has 1 aliphatic carbocycles. The summed E-state index contributed by atoms with van der Waals surface area (Å²) in [5.74, 6) is -0.241.